The molecule has 174 valence electrons. The van der Waals surface area contributed by atoms with E-state index in [2.05, 4.69) is 10.0 Å². The summed E-state index contributed by atoms with van der Waals surface area (Å²) in [7, 11) is -2.66. The molecule has 1 amide bonds. The second-order valence-electron chi connectivity index (χ2n) is 6.78. The van der Waals surface area contributed by atoms with Crippen molar-refractivity contribution in [3.63, 3.8) is 0 Å². The monoisotopic (exact) mass is 496 g/mol. The molecule has 3 rings (SSSR count). The molecule has 0 heterocycles. The van der Waals surface area contributed by atoms with Crippen LogP contribution in [0.3, 0.4) is 0 Å². The van der Waals surface area contributed by atoms with Gasteiger partial charge >= 0.3 is 5.51 Å². The molecule has 0 bridgehead atoms. The van der Waals surface area contributed by atoms with Gasteiger partial charge in [0.05, 0.1) is 23.3 Å². The van der Waals surface area contributed by atoms with Crippen molar-refractivity contribution >= 4 is 39.1 Å². The highest BCUT2D eigenvalue weighted by Gasteiger charge is 2.31. The number of halogens is 3. The first kappa shape index (κ1) is 24.5. The maximum absolute atomic E-state index is 13.0. The number of carbonyl (C=O) groups excluding carboxylic acids is 1. The average Bonchev–Trinajstić information content (AvgIpc) is 2.74. The van der Waals surface area contributed by atoms with Gasteiger partial charge in [0.15, 0.2) is 0 Å². The van der Waals surface area contributed by atoms with Gasteiger partial charge < -0.3 is 10.1 Å². The number of nitrogens with one attached hydrogen (secondary N) is 2. The van der Waals surface area contributed by atoms with Gasteiger partial charge in [0.25, 0.3) is 15.9 Å². The molecule has 6 nitrogen and oxygen atoms in total. The Morgan fingerprint density at radius 1 is 1.00 bits per heavy atom. The van der Waals surface area contributed by atoms with Gasteiger partial charge in [0.2, 0.25) is 0 Å². The molecule has 0 saturated heterocycles. The summed E-state index contributed by atoms with van der Waals surface area (Å²) in [5.74, 6) is -0.478. The molecule has 0 aromatic heterocycles. The lowest BCUT2D eigenvalue weighted by Crippen LogP contribution is -2.17. The zero-order chi connectivity index (χ0) is 24.2. The number of amides is 1. The van der Waals surface area contributed by atoms with E-state index in [1.807, 2.05) is 0 Å². The van der Waals surface area contributed by atoms with Crippen LogP contribution in [-0.4, -0.2) is 26.9 Å². The van der Waals surface area contributed by atoms with Crippen molar-refractivity contribution in [2.75, 3.05) is 17.1 Å². The summed E-state index contributed by atoms with van der Waals surface area (Å²) in [5, 5.41) is 2.47. The Kier molecular flexibility index (Phi) is 7.23. The molecular formula is C22H19F3N2O4S2. The molecule has 0 radical (unpaired) electrons. The standard InChI is InChI=1S/C22H19F3N2O4S2/c1-14-11-12-15(26-21(28)16-7-3-6-10-19(16)32-22(23,24)25)13-20(14)33(29,30)27-17-8-4-5-9-18(17)31-2/h3-13,27H,1-2H3,(H,26,28). The topological polar surface area (TPSA) is 84.5 Å². The number of thioether (sulfide) groups is 1. The minimum Gasteiger partial charge on any atom is -0.495 e. The number of hydrogen-bond acceptors (Lipinski definition) is 5. The summed E-state index contributed by atoms with van der Waals surface area (Å²) < 4.78 is 72.1. The fraction of sp³-hybridized carbons (Fsp3) is 0.136. The Morgan fingerprint density at radius 2 is 1.67 bits per heavy atom. The average molecular weight is 497 g/mol. The molecule has 0 atom stereocenters. The number of alkyl halides is 3. The maximum Gasteiger partial charge on any atom is 0.446 e. The SMILES string of the molecule is COc1ccccc1NS(=O)(=O)c1cc(NC(=O)c2ccccc2SC(F)(F)F)ccc1C. The van der Waals surface area contributed by atoms with Crippen LogP contribution in [-0.2, 0) is 10.0 Å². The molecule has 0 saturated carbocycles. The Labute approximate surface area is 193 Å². The third-order valence-corrected chi connectivity index (χ3v) is 6.76. The molecule has 11 heteroatoms. The van der Waals surface area contributed by atoms with Crippen LogP contribution in [0.4, 0.5) is 24.5 Å². The molecule has 0 spiro atoms. The molecule has 0 unspecified atom stereocenters. The number of ether oxygens (including phenoxy) is 1. The number of para-hydroxylation sites is 2. The van der Waals surface area contributed by atoms with Crippen molar-refractivity contribution < 1.29 is 31.1 Å². The van der Waals surface area contributed by atoms with Crippen LogP contribution < -0.4 is 14.8 Å². The molecule has 3 aromatic carbocycles. The Balaban J connectivity index is 1.89. The Bertz CT molecular complexity index is 1280. The number of rotatable bonds is 7. The molecule has 2 N–H and O–H groups in total. The first-order chi connectivity index (χ1) is 15.5. The summed E-state index contributed by atoms with van der Waals surface area (Å²) in [6.07, 6.45) is 0. The van der Waals surface area contributed by atoms with Crippen LogP contribution in [0.2, 0.25) is 0 Å². The van der Waals surface area contributed by atoms with Crippen LogP contribution in [0, 0.1) is 6.92 Å². The Morgan fingerprint density at radius 3 is 2.36 bits per heavy atom. The maximum atomic E-state index is 13.0. The summed E-state index contributed by atoms with van der Waals surface area (Å²) in [4.78, 5) is 12.3. The van der Waals surface area contributed by atoms with Crippen LogP contribution in [0.1, 0.15) is 15.9 Å². The molecule has 0 aliphatic heterocycles. The Hall–Kier alpha value is -3.18. The van der Waals surface area contributed by atoms with E-state index in [-0.39, 0.29) is 26.7 Å². The van der Waals surface area contributed by atoms with Crippen LogP contribution in [0.5, 0.6) is 5.75 Å². The highest BCUT2D eigenvalue weighted by Crippen LogP contribution is 2.38. The van der Waals surface area contributed by atoms with Gasteiger partial charge in [-0.05, 0) is 60.6 Å². The number of anilines is 2. The van der Waals surface area contributed by atoms with Gasteiger partial charge in [-0.1, -0.05) is 30.3 Å². The van der Waals surface area contributed by atoms with Gasteiger partial charge in [0.1, 0.15) is 5.75 Å². The second kappa shape index (κ2) is 9.75. The summed E-state index contributed by atoms with van der Waals surface area (Å²) in [6, 6.07) is 15.9. The van der Waals surface area contributed by atoms with Gasteiger partial charge in [0, 0.05) is 10.6 Å². The molecule has 0 fully saturated rings. The van der Waals surface area contributed by atoms with Crippen molar-refractivity contribution in [2.24, 2.45) is 0 Å². The number of aryl methyl sites for hydroxylation is 1. The van der Waals surface area contributed by atoms with Crippen molar-refractivity contribution in [1.29, 1.82) is 0 Å². The predicted octanol–water partition coefficient (Wildman–Crippen LogP) is 5.67. The van der Waals surface area contributed by atoms with E-state index in [0.717, 1.165) is 0 Å². The van der Waals surface area contributed by atoms with Crippen molar-refractivity contribution in [2.45, 2.75) is 22.2 Å². The molecule has 0 aliphatic carbocycles. The number of sulfonamides is 1. The summed E-state index contributed by atoms with van der Waals surface area (Å²) in [6.45, 7) is 1.58. The molecular weight excluding hydrogens is 477 g/mol. The number of benzene rings is 3. The summed E-state index contributed by atoms with van der Waals surface area (Å²) in [5.41, 5.74) is -4.00. The highest BCUT2D eigenvalue weighted by atomic mass is 32.2. The van der Waals surface area contributed by atoms with E-state index in [4.69, 9.17) is 4.74 Å². The minimum absolute atomic E-state index is 0.107. The highest BCUT2D eigenvalue weighted by molar-refractivity contribution is 8.00. The number of carbonyl (C=O) groups is 1. The third-order valence-electron chi connectivity index (χ3n) is 4.44. The lowest BCUT2D eigenvalue weighted by atomic mass is 10.2. The van der Waals surface area contributed by atoms with Crippen LogP contribution >= 0.6 is 11.8 Å². The van der Waals surface area contributed by atoms with E-state index in [1.54, 1.807) is 25.1 Å². The smallest absolute Gasteiger partial charge is 0.446 e. The molecule has 3 aromatic rings. The summed E-state index contributed by atoms with van der Waals surface area (Å²) >= 11 is -0.398. The van der Waals surface area contributed by atoms with Crippen LogP contribution in [0.15, 0.2) is 76.5 Å². The van der Waals surface area contributed by atoms with E-state index in [1.165, 1.54) is 55.6 Å². The quantitative estimate of drug-likeness (QED) is 0.412. The van der Waals surface area contributed by atoms with Gasteiger partial charge in [-0.2, -0.15) is 13.2 Å². The lowest BCUT2D eigenvalue weighted by molar-refractivity contribution is -0.0328. The minimum atomic E-state index is -4.56. The van der Waals surface area contributed by atoms with E-state index < -0.39 is 33.2 Å². The van der Waals surface area contributed by atoms with Gasteiger partial charge in [-0.15, -0.1) is 0 Å². The van der Waals surface area contributed by atoms with Gasteiger partial charge in [-0.3, -0.25) is 9.52 Å². The van der Waals surface area contributed by atoms with Gasteiger partial charge in [-0.25, -0.2) is 8.42 Å². The lowest BCUT2D eigenvalue weighted by Gasteiger charge is -2.15. The van der Waals surface area contributed by atoms with Crippen molar-refractivity contribution in [3.8, 4) is 5.75 Å². The van der Waals surface area contributed by atoms with E-state index in [0.29, 0.717) is 11.3 Å². The van der Waals surface area contributed by atoms with Crippen LogP contribution in [0.25, 0.3) is 0 Å². The second-order valence-corrected chi connectivity index (χ2v) is 9.54. The van der Waals surface area contributed by atoms with Crippen molar-refractivity contribution in [1.82, 2.24) is 0 Å². The first-order valence-corrected chi connectivity index (χ1v) is 11.7. The zero-order valence-corrected chi connectivity index (χ0v) is 19.1. The molecule has 33 heavy (non-hydrogen) atoms. The third kappa shape index (κ3) is 6.20. The first-order valence-electron chi connectivity index (χ1n) is 9.43. The molecule has 0 aliphatic rings. The fourth-order valence-electron chi connectivity index (χ4n) is 2.96. The largest absolute Gasteiger partial charge is 0.495 e. The normalized spacial score (nSPS) is 11.7. The van der Waals surface area contributed by atoms with E-state index >= 15 is 0 Å². The predicted molar refractivity (Wildman–Crippen MR) is 121 cm³/mol. The van der Waals surface area contributed by atoms with E-state index in [9.17, 15) is 26.4 Å². The number of hydrogen-bond donors (Lipinski definition) is 2. The number of methoxy groups -OCH3 is 1. The zero-order valence-electron chi connectivity index (χ0n) is 17.4. The fourth-order valence-corrected chi connectivity index (χ4v) is 4.97. The van der Waals surface area contributed by atoms with Crippen molar-refractivity contribution in [3.05, 3.63) is 77.9 Å².